The van der Waals surface area contributed by atoms with Gasteiger partial charge in [0, 0.05) is 24.1 Å². The fraction of sp³-hybridized carbons (Fsp3) is 0.375. The third-order valence-corrected chi connectivity index (χ3v) is 3.92. The normalized spacial score (nSPS) is 15.3. The number of nitrogens with one attached hydrogen (secondary N) is 2. The molecule has 1 heterocycles. The Morgan fingerprint density at radius 2 is 2.09 bits per heavy atom. The molecule has 1 saturated carbocycles. The van der Waals surface area contributed by atoms with E-state index in [-0.39, 0.29) is 18.4 Å². The van der Waals surface area contributed by atoms with E-state index in [1.807, 2.05) is 13.0 Å². The molecule has 6 nitrogen and oxygen atoms in total. The van der Waals surface area contributed by atoms with Crippen LogP contribution in [0.25, 0.3) is 0 Å². The van der Waals surface area contributed by atoms with Gasteiger partial charge in [-0.15, -0.1) is 0 Å². The molecule has 2 aromatic rings. The van der Waals surface area contributed by atoms with Crippen LogP contribution < -0.4 is 10.6 Å². The van der Waals surface area contributed by atoms with E-state index in [0.29, 0.717) is 28.4 Å². The van der Waals surface area contributed by atoms with Gasteiger partial charge in [0.25, 0.3) is 0 Å². The zero-order valence-electron chi connectivity index (χ0n) is 12.8. The van der Waals surface area contributed by atoms with Gasteiger partial charge in [0.05, 0.1) is 23.0 Å². The summed E-state index contributed by atoms with van der Waals surface area (Å²) in [5, 5.41) is 25.3. The number of aliphatic hydroxyl groups excluding tert-OH is 1. The zero-order chi connectivity index (χ0) is 16.4. The molecule has 1 aromatic carbocycles. The topological polar surface area (TPSA) is 90.3 Å². The summed E-state index contributed by atoms with van der Waals surface area (Å²) in [6, 6.07) is 6.51. The van der Waals surface area contributed by atoms with Gasteiger partial charge < -0.3 is 20.8 Å². The predicted octanol–water partition coefficient (Wildman–Crippen LogP) is 3.25. The Balaban J connectivity index is 1.87. The van der Waals surface area contributed by atoms with Gasteiger partial charge in [-0.25, -0.2) is 4.98 Å². The van der Waals surface area contributed by atoms with Crippen LogP contribution >= 0.6 is 11.6 Å². The summed E-state index contributed by atoms with van der Waals surface area (Å²) in [6.07, 6.45) is 2.26. The summed E-state index contributed by atoms with van der Waals surface area (Å²) >= 11 is 6.13. The number of phenolic OH excluding ortho intramolecular Hbond substituents is 1. The average Bonchev–Trinajstić information content (AvgIpc) is 3.34. The van der Waals surface area contributed by atoms with Crippen LogP contribution in [0.1, 0.15) is 31.4 Å². The molecule has 23 heavy (non-hydrogen) atoms. The summed E-state index contributed by atoms with van der Waals surface area (Å²) in [6.45, 7) is 1.86. The van der Waals surface area contributed by atoms with Crippen molar-refractivity contribution in [3.8, 4) is 5.75 Å². The third-order valence-electron chi connectivity index (χ3n) is 3.61. The average molecular weight is 335 g/mol. The van der Waals surface area contributed by atoms with Crippen molar-refractivity contribution >= 4 is 29.1 Å². The Kier molecular flexibility index (Phi) is 4.54. The smallest absolute Gasteiger partial charge is 0.225 e. The monoisotopic (exact) mass is 334 g/mol. The molecular formula is C16H19ClN4O2. The van der Waals surface area contributed by atoms with Crippen molar-refractivity contribution in [3.05, 3.63) is 35.0 Å². The minimum atomic E-state index is -0.130. The highest BCUT2D eigenvalue weighted by Crippen LogP contribution is 2.40. The fourth-order valence-corrected chi connectivity index (χ4v) is 2.41. The number of rotatable bonds is 6. The number of aromatic nitrogens is 2. The highest BCUT2D eigenvalue weighted by molar-refractivity contribution is 6.33. The van der Waals surface area contributed by atoms with Crippen LogP contribution in [0.15, 0.2) is 24.3 Å². The molecule has 1 aromatic heterocycles. The molecule has 1 aliphatic rings. The number of anilines is 3. The maximum absolute atomic E-state index is 9.43. The van der Waals surface area contributed by atoms with E-state index in [0.717, 1.165) is 18.5 Å². The third kappa shape index (κ3) is 4.03. The quantitative estimate of drug-likeness (QED) is 0.606. The van der Waals surface area contributed by atoms with Crippen LogP contribution in [-0.4, -0.2) is 32.8 Å². The first-order valence-electron chi connectivity index (χ1n) is 7.57. The summed E-state index contributed by atoms with van der Waals surface area (Å²) in [5.74, 6) is 1.69. The first-order chi connectivity index (χ1) is 11.0. The van der Waals surface area contributed by atoms with E-state index in [1.165, 1.54) is 6.07 Å². The van der Waals surface area contributed by atoms with Crippen molar-refractivity contribution in [2.75, 3.05) is 17.2 Å². The van der Waals surface area contributed by atoms with Crippen molar-refractivity contribution in [1.29, 1.82) is 0 Å². The molecule has 0 unspecified atom stereocenters. The molecule has 0 saturated heterocycles. The lowest BCUT2D eigenvalue weighted by molar-refractivity contribution is 0.281. The molecule has 3 rings (SSSR count). The Hall–Kier alpha value is -2.05. The molecular weight excluding hydrogens is 316 g/mol. The van der Waals surface area contributed by atoms with Crippen LogP contribution in [0.2, 0.25) is 5.02 Å². The summed E-state index contributed by atoms with van der Waals surface area (Å²) < 4.78 is 0. The molecule has 122 valence electrons. The Morgan fingerprint density at radius 3 is 2.74 bits per heavy atom. The lowest BCUT2D eigenvalue weighted by Gasteiger charge is -2.14. The Labute approximate surface area is 139 Å². The minimum absolute atomic E-state index is 0.00354. The molecule has 4 N–H and O–H groups in total. The van der Waals surface area contributed by atoms with Crippen molar-refractivity contribution in [1.82, 2.24) is 9.97 Å². The van der Waals surface area contributed by atoms with E-state index < -0.39 is 0 Å². The molecule has 0 amide bonds. The number of aliphatic hydroxyl groups is 1. The SMILES string of the molecule is C[C@@H](CO)Nc1nc(Nc2ccc(O)cc2Cl)cc(C2CC2)n1. The molecule has 7 heteroatoms. The molecule has 0 radical (unpaired) electrons. The van der Waals surface area contributed by atoms with Crippen LogP contribution in [0, 0.1) is 0 Å². The van der Waals surface area contributed by atoms with Crippen molar-refractivity contribution in [2.45, 2.75) is 31.7 Å². The second kappa shape index (κ2) is 6.60. The van der Waals surface area contributed by atoms with Gasteiger partial charge in [0.2, 0.25) is 5.95 Å². The highest BCUT2D eigenvalue weighted by Gasteiger charge is 2.26. The fourth-order valence-electron chi connectivity index (χ4n) is 2.19. The van der Waals surface area contributed by atoms with E-state index in [9.17, 15) is 10.2 Å². The number of phenols is 1. The van der Waals surface area contributed by atoms with Crippen molar-refractivity contribution in [2.24, 2.45) is 0 Å². The maximum Gasteiger partial charge on any atom is 0.225 e. The number of benzene rings is 1. The molecule has 0 bridgehead atoms. The molecule has 0 spiro atoms. The van der Waals surface area contributed by atoms with E-state index >= 15 is 0 Å². The maximum atomic E-state index is 9.43. The summed E-state index contributed by atoms with van der Waals surface area (Å²) in [4.78, 5) is 8.94. The van der Waals surface area contributed by atoms with Crippen LogP contribution in [0.3, 0.4) is 0 Å². The second-order valence-electron chi connectivity index (χ2n) is 5.79. The molecule has 1 fully saturated rings. The van der Waals surface area contributed by atoms with E-state index in [1.54, 1.807) is 12.1 Å². The zero-order valence-corrected chi connectivity index (χ0v) is 13.5. The number of aromatic hydroxyl groups is 1. The summed E-state index contributed by atoms with van der Waals surface area (Å²) in [7, 11) is 0. The molecule has 0 aliphatic heterocycles. The largest absolute Gasteiger partial charge is 0.508 e. The molecule has 1 aliphatic carbocycles. The van der Waals surface area contributed by atoms with Crippen molar-refractivity contribution < 1.29 is 10.2 Å². The lowest BCUT2D eigenvalue weighted by atomic mass is 10.2. The van der Waals surface area contributed by atoms with Gasteiger partial charge in [-0.2, -0.15) is 4.98 Å². The van der Waals surface area contributed by atoms with E-state index in [2.05, 4.69) is 20.6 Å². The first kappa shape index (κ1) is 15.8. The minimum Gasteiger partial charge on any atom is -0.508 e. The Morgan fingerprint density at radius 1 is 1.30 bits per heavy atom. The van der Waals surface area contributed by atoms with Gasteiger partial charge in [0.15, 0.2) is 0 Å². The lowest BCUT2D eigenvalue weighted by Crippen LogP contribution is -2.21. The van der Waals surface area contributed by atoms with Gasteiger partial charge in [-0.3, -0.25) is 0 Å². The van der Waals surface area contributed by atoms with Gasteiger partial charge in [-0.05, 0) is 31.9 Å². The summed E-state index contributed by atoms with van der Waals surface area (Å²) in [5.41, 5.74) is 1.64. The first-order valence-corrected chi connectivity index (χ1v) is 7.95. The van der Waals surface area contributed by atoms with E-state index in [4.69, 9.17) is 11.6 Å². The van der Waals surface area contributed by atoms with Gasteiger partial charge in [-0.1, -0.05) is 11.6 Å². The van der Waals surface area contributed by atoms with Crippen LogP contribution in [-0.2, 0) is 0 Å². The van der Waals surface area contributed by atoms with Gasteiger partial charge in [0.1, 0.15) is 11.6 Å². The number of nitrogens with zero attached hydrogens (tertiary/aromatic N) is 2. The molecule has 1 atom stereocenters. The number of hydrogen-bond acceptors (Lipinski definition) is 6. The predicted molar refractivity (Wildman–Crippen MR) is 90.6 cm³/mol. The van der Waals surface area contributed by atoms with Crippen LogP contribution in [0.5, 0.6) is 5.75 Å². The highest BCUT2D eigenvalue weighted by atomic mass is 35.5. The second-order valence-corrected chi connectivity index (χ2v) is 6.20. The van der Waals surface area contributed by atoms with Crippen LogP contribution in [0.4, 0.5) is 17.5 Å². The Bertz CT molecular complexity index is 706. The number of hydrogen-bond donors (Lipinski definition) is 4. The standard InChI is InChI=1S/C16H19ClN4O2/c1-9(8-22)18-16-20-14(10-2-3-10)7-15(21-16)19-13-5-4-11(23)6-12(13)17/h4-7,9-10,22-23H,2-3,8H2,1H3,(H2,18,19,20,21)/t9-/m0/s1. The van der Waals surface area contributed by atoms with Crippen molar-refractivity contribution in [3.63, 3.8) is 0 Å². The number of halogens is 1. The van der Waals surface area contributed by atoms with Gasteiger partial charge >= 0.3 is 0 Å².